The molecule has 0 bridgehead atoms. The quantitative estimate of drug-likeness (QED) is 0.235. The minimum atomic E-state index is -1.19. The molecule has 0 heterocycles. The molecule has 2 aromatic rings. The maximum absolute atomic E-state index is 6.94. The Bertz CT molecular complexity index is 518. The Morgan fingerprint density at radius 3 is 2.08 bits per heavy atom. The van der Waals surface area contributed by atoms with Crippen LogP contribution in [-0.4, -0.2) is 30.0 Å². The maximum Gasteiger partial charge on any atom is -0.0809 e. The van der Waals surface area contributed by atoms with Crippen molar-refractivity contribution < 1.29 is 25.3 Å². The van der Waals surface area contributed by atoms with E-state index in [0.717, 1.165) is 16.1 Å². The van der Waals surface area contributed by atoms with E-state index >= 15 is 0 Å². The Kier molecular flexibility index (Phi) is 18.4. The molecule has 26 heavy (non-hydrogen) atoms. The van der Waals surface area contributed by atoms with E-state index in [2.05, 4.69) is 68.7 Å². The minimum Gasteiger partial charge on any atom is -0.168 e. The van der Waals surface area contributed by atoms with Crippen molar-refractivity contribution >= 4 is 45.6 Å². The molecule has 0 saturated carbocycles. The van der Waals surface area contributed by atoms with Crippen LogP contribution in [0.5, 0.6) is 0 Å². The topological polar surface area (TPSA) is 33.0 Å². The first-order chi connectivity index (χ1) is 11.9. The van der Waals surface area contributed by atoms with E-state index in [1.54, 1.807) is 0 Å². The van der Waals surface area contributed by atoms with Gasteiger partial charge >= 0.3 is 37.9 Å². The van der Waals surface area contributed by atoms with Gasteiger partial charge in [0.1, 0.15) is 0 Å². The third-order valence-electron chi connectivity index (χ3n) is 2.43. The predicted molar refractivity (Wildman–Crippen MR) is 121 cm³/mol. The third kappa shape index (κ3) is 24.6. The summed E-state index contributed by atoms with van der Waals surface area (Å²) in [5.41, 5.74) is 6.69. The van der Waals surface area contributed by atoms with Crippen LogP contribution in [0.2, 0.25) is 32.2 Å². The van der Waals surface area contributed by atoms with Crippen molar-refractivity contribution in [3.05, 3.63) is 48.2 Å². The molecule has 0 atom stereocenters. The number of halogens is 2. The van der Waals surface area contributed by atoms with Crippen molar-refractivity contribution in [2.45, 2.75) is 58.5 Å². The van der Waals surface area contributed by atoms with E-state index in [0.29, 0.717) is 0 Å². The summed E-state index contributed by atoms with van der Waals surface area (Å²) in [6.07, 6.45) is 0. The summed E-state index contributed by atoms with van der Waals surface area (Å²) in [7, 11) is 9.72. The van der Waals surface area contributed by atoms with Gasteiger partial charge in [-0.3, -0.25) is 0 Å². The van der Waals surface area contributed by atoms with Crippen LogP contribution in [0.15, 0.2) is 42.5 Å². The average molecular weight is 510 g/mol. The SMILES string of the molecule is CC(C)(C)[NH-].C[Si]CCO[Si](C)(C)C.[Cl][Zr+2][Cl].c1ccc2[cH-]ccc2c1. The fraction of sp³-hybridized carbons (Fsp3) is 0.526. The first-order valence-electron chi connectivity index (χ1n) is 8.55. The van der Waals surface area contributed by atoms with Crippen LogP contribution in [0.1, 0.15) is 20.8 Å². The van der Waals surface area contributed by atoms with E-state index in [1.165, 1.54) is 16.8 Å². The Balaban J connectivity index is 0. The smallest absolute Gasteiger partial charge is 0.0809 e. The van der Waals surface area contributed by atoms with Gasteiger partial charge in [0.15, 0.2) is 8.32 Å². The predicted octanol–water partition coefficient (Wildman–Crippen LogP) is 7.78. The largest absolute Gasteiger partial charge is 0.168 e. The minimum absolute atomic E-state index is 0.250. The molecule has 0 aliphatic heterocycles. The molecule has 2 aromatic carbocycles. The van der Waals surface area contributed by atoms with Crippen molar-refractivity contribution in [1.82, 2.24) is 0 Å². The summed E-state index contributed by atoms with van der Waals surface area (Å²) < 4.78 is 5.62. The number of rotatable bonds is 4. The maximum atomic E-state index is 6.94. The molecule has 0 fully saturated rings. The second-order valence-electron chi connectivity index (χ2n) is 7.54. The van der Waals surface area contributed by atoms with Crippen molar-refractivity contribution in [2.24, 2.45) is 0 Å². The molecular weight excluding hydrogens is 477 g/mol. The van der Waals surface area contributed by atoms with Gasteiger partial charge in [0.05, 0.1) is 0 Å². The van der Waals surface area contributed by atoms with Crippen LogP contribution >= 0.6 is 17.0 Å². The summed E-state index contributed by atoms with van der Waals surface area (Å²) in [5, 5.41) is 2.66. The summed E-state index contributed by atoms with van der Waals surface area (Å²) >= 11 is -0.826. The zero-order valence-electron chi connectivity index (χ0n) is 17.1. The average Bonchev–Trinajstić information content (AvgIpc) is 2.94. The van der Waals surface area contributed by atoms with Gasteiger partial charge < -0.3 is 10.2 Å². The van der Waals surface area contributed by atoms with E-state index < -0.39 is 29.2 Å². The molecule has 1 N–H and O–H groups in total. The summed E-state index contributed by atoms with van der Waals surface area (Å²) in [6, 6.07) is 15.9. The van der Waals surface area contributed by atoms with Crippen molar-refractivity contribution in [3.63, 3.8) is 0 Å². The van der Waals surface area contributed by atoms with Crippen molar-refractivity contribution in [1.29, 1.82) is 0 Å². The number of hydrogen-bond acceptors (Lipinski definition) is 1. The summed E-state index contributed by atoms with van der Waals surface area (Å²) in [6.45, 7) is 15.4. The fourth-order valence-corrected chi connectivity index (χ4v) is 2.75. The van der Waals surface area contributed by atoms with Crippen LogP contribution in [-0.2, 0) is 25.3 Å². The van der Waals surface area contributed by atoms with Crippen molar-refractivity contribution in [2.75, 3.05) is 6.61 Å². The first kappa shape index (κ1) is 28.9. The molecule has 2 rings (SSSR count). The normalized spacial score (nSPS) is 10.4. The van der Waals surface area contributed by atoms with Crippen LogP contribution < -0.4 is 0 Å². The molecule has 0 aliphatic carbocycles. The molecule has 2 radical (unpaired) electrons. The molecule has 0 unspecified atom stereocenters. The Morgan fingerprint density at radius 1 is 1.15 bits per heavy atom. The summed E-state index contributed by atoms with van der Waals surface area (Å²) in [5.74, 6) is 0. The standard InChI is InChI=1S/C9H7.C6H16OSi2.C4H10N.2ClH.Zr/c1-2-5-9-7-3-6-8(9)4-1;1-8-6-5-7-9(2,3)4;1-4(2,3)5;;;/h1-7H;5-6H2,1-4H3;5H,1-3H3;2*1H;/q-1;;-1;;;+4/p-2. The molecular formula is C19H33Cl2NOSi2Zr. The van der Waals surface area contributed by atoms with Gasteiger partial charge in [-0.2, -0.15) is 17.5 Å². The van der Waals surface area contributed by atoms with Gasteiger partial charge in [0.25, 0.3) is 0 Å². The monoisotopic (exact) mass is 507 g/mol. The number of benzene rings is 1. The zero-order chi connectivity index (χ0) is 20.6. The fourth-order valence-electron chi connectivity index (χ4n) is 1.53. The Morgan fingerprint density at radius 2 is 1.65 bits per heavy atom. The van der Waals surface area contributed by atoms with Gasteiger partial charge in [-0.25, -0.2) is 0 Å². The second kappa shape index (κ2) is 16.6. The zero-order valence-corrected chi connectivity index (χ0v) is 23.1. The molecule has 0 aromatic heterocycles. The van der Waals surface area contributed by atoms with Gasteiger partial charge in [0, 0.05) is 16.1 Å². The molecule has 7 heteroatoms. The molecule has 0 amide bonds. The number of nitrogens with one attached hydrogen (secondary N) is 1. The molecule has 0 spiro atoms. The Labute approximate surface area is 183 Å². The van der Waals surface area contributed by atoms with Gasteiger partial charge in [-0.05, 0) is 25.7 Å². The first-order valence-corrected chi connectivity index (χ1v) is 20.0. The summed E-state index contributed by atoms with van der Waals surface area (Å²) in [4.78, 5) is 0. The van der Waals surface area contributed by atoms with Crippen LogP contribution in [0.4, 0.5) is 0 Å². The van der Waals surface area contributed by atoms with E-state index in [1.807, 2.05) is 20.8 Å². The second-order valence-corrected chi connectivity index (χ2v) is 17.0. The number of fused-ring (bicyclic) bond motifs is 1. The van der Waals surface area contributed by atoms with E-state index in [4.69, 9.17) is 27.2 Å². The van der Waals surface area contributed by atoms with E-state index in [-0.39, 0.29) is 5.54 Å². The van der Waals surface area contributed by atoms with Crippen LogP contribution in [0.25, 0.3) is 16.5 Å². The van der Waals surface area contributed by atoms with Gasteiger partial charge in [-0.15, -0.1) is 35.2 Å². The van der Waals surface area contributed by atoms with Crippen LogP contribution in [0, 0.1) is 0 Å². The molecule has 146 valence electrons. The third-order valence-corrected chi connectivity index (χ3v) is 4.21. The van der Waals surface area contributed by atoms with E-state index in [9.17, 15) is 0 Å². The number of hydrogen-bond donors (Lipinski definition) is 0. The molecule has 0 saturated heterocycles. The Hall–Kier alpha value is 0.647. The molecule has 0 aliphatic rings. The van der Waals surface area contributed by atoms with Crippen LogP contribution in [0.3, 0.4) is 0 Å². The molecule has 2 nitrogen and oxygen atoms in total. The van der Waals surface area contributed by atoms with Crippen molar-refractivity contribution in [3.8, 4) is 0 Å². The van der Waals surface area contributed by atoms with Gasteiger partial charge in [0.2, 0.25) is 0 Å². The van der Waals surface area contributed by atoms with Gasteiger partial charge in [-0.1, -0.05) is 33.4 Å².